The Kier molecular flexibility index (Phi) is 7.18. The van der Waals surface area contributed by atoms with E-state index in [2.05, 4.69) is 11.4 Å². The van der Waals surface area contributed by atoms with Gasteiger partial charge in [0.25, 0.3) is 0 Å². The number of rotatable bonds is 9. The van der Waals surface area contributed by atoms with Gasteiger partial charge in [-0.25, -0.2) is 0 Å². The van der Waals surface area contributed by atoms with Crippen molar-refractivity contribution in [2.75, 3.05) is 19.8 Å². The summed E-state index contributed by atoms with van der Waals surface area (Å²) in [5, 5.41) is 4.19. The highest BCUT2D eigenvalue weighted by molar-refractivity contribution is 6.30. The highest BCUT2D eigenvalue weighted by Crippen LogP contribution is 2.29. The summed E-state index contributed by atoms with van der Waals surface area (Å²) in [7, 11) is 0. The van der Waals surface area contributed by atoms with E-state index in [4.69, 9.17) is 25.8 Å². The number of nitrogens with one attached hydrogen (secondary N) is 1. The molecular weight excluding hydrogens is 350 g/mol. The molecule has 1 atom stereocenters. The van der Waals surface area contributed by atoms with Crippen molar-refractivity contribution in [2.45, 2.75) is 39.0 Å². The Morgan fingerprint density at radius 3 is 2.62 bits per heavy atom. The zero-order chi connectivity index (χ0) is 18.2. The molecule has 1 aliphatic heterocycles. The maximum absolute atomic E-state index is 5.95. The van der Waals surface area contributed by atoms with E-state index in [0.717, 1.165) is 48.2 Å². The van der Waals surface area contributed by atoms with Gasteiger partial charge in [0.15, 0.2) is 11.5 Å². The summed E-state index contributed by atoms with van der Waals surface area (Å²) in [4.78, 5) is 0. The highest BCUT2D eigenvalue weighted by atomic mass is 35.5. The van der Waals surface area contributed by atoms with Crippen LogP contribution in [0.4, 0.5) is 0 Å². The van der Waals surface area contributed by atoms with Crippen molar-refractivity contribution in [3.05, 3.63) is 58.6 Å². The van der Waals surface area contributed by atoms with E-state index in [9.17, 15) is 0 Å². The number of hydrogen-bond acceptors (Lipinski definition) is 4. The minimum atomic E-state index is 0.350. The molecule has 1 N–H and O–H groups in total. The first-order valence-corrected chi connectivity index (χ1v) is 9.57. The van der Waals surface area contributed by atoms with E-state index < -0.39 is 0 Å². The molecule has 0 spiro atoms. The number of benzene rings is 2. The Morgan fingerprint density at radius 1 is 1.08 bits per heavy atom. The van der Waals surface area contributed by atoms with E-state index >= 15 is 0 Å². The van der Waals surface area contributed by atoms with Gasteiger partial charge in [0.1, 0.15) is 6.61 Å². The minimum absolute atomic E-state index is 0.350. The summed E-state index contributed by atoms with van der Waals surface area (Å²) in [6, 6.07) is 13.8. The lowest BCUT2D eigenvalue weighted by Crippen LogP contribution is -2.25. The first-order valence-electron chi connectivity index (χ1n) is 9.20. The van der Waals surface area contributed by atoms with E-state index in [1.165, 1.54) is 12.0 Å². The third kappa shape index (κ3) is 5.63. The molecule has 2 aromatic carbocycles. The SMILES string of the molecule is CCOc1cc(CNC[C@@H]2CCCO2)ccc1OCc1ccc(Cl)cc1. The van der Waals surface area contributed by atoms with Crippen LogP contribution in [0.5, 0.6) is 11.5 Å². The standard InChI is InChI=1S/C21H26ClNO3/c1-2-24-21-12-17(13-23-14-19-4-3-11-25-19)7-10-20(21)26-15-16-5-8-18(22)9-6-16/h5-10,12,19,23H,2-4,11,13-15H2,1H3/t19-/m0/s1. The number of hydrogen-bond donors (Lipinski definition) is 1. The Hall–Kier alpha value is -1.75. The first kappa shape index (κ1) is 19.0. The predicted octanol–water partition coefficient (Wildman–Crippen LogP) is 4.59. The zero-order valence-corrected chi connectivity index (χ0v) is 15.9. The smallest absolute Gasteiger partial charge is 0.161 e. The van der Waals surface area contributed by atoms with Gasteiger partial charge in [-0.1, -0.05) is 29.8 Å². The molecule has 2 aromatic rings. The van der Waals surface area contributed by atoms with Crippen LogP contribution in [-0.4, -0.2) is 25.9 Å². The molecule has 4 nitrogen and oxygen atoms in total. The molecular formula is C21H26ClNO3. The average Bonchev–Trinajstić information content (AvgIpc) is 3.16. The summed E-state index contributed by atoms with van der Waals surface area (Å²) in [6.07, 6.45) is 2.66. The average molecular weight is 376 g/mol. The molecule has 0 aromatic heterocycles. The van der Waals surface area contributed by atoms with Crippen molar-refractivity contribution in [3.63, 3.8) is 0 Å². The second-order valence-electron chi connectivity index (χ2n) is 6.40. The van der Waals surface area contributed by atoms with Crippen molar-refractivity contribution in [1.82, 2.24) is 5.32 Å². The van der Waals surface area contributed by atoms with Crippen LogP contribution in [-0.2, 0) is 17.9 Å². The molecule has 1 heterocycles. The van der Waals surface area contributed by atoms with Gasteiger partial charge in [-0.15, -0.1) is 0 Å². The third-order valence-electron chi connectivity index (χ3n) is 4.34. The molecule has 0 amide bonds. The third-order valence-corrected chi connectivity index (χ3v) is 4.59. The predicted molar refractivity (Wildman–Crippen MR) is 104 cm³/mol. The van der Waals surface area contributed by atoms with Crippen LogP contribution in [0.25, 0.3) is 0 Å². The normalized spacial score (nSPS) is 16.6. The summed E-state index contributed by atoms with van der Waals surface area (Å²) in [6.45, 7) is 5.62. The van der Waals surface area contributed by atoms with Crippen LogP contribution < -0.4 is 14.8 Å². The van der Waals surface area contributed by atoms with Crippen LogP contribution >= 0.6 is 11.6 Å². The van der Waals surface area contributed by atoms with E-state index in [1.54, 1.807) is 0 Å². The second kappa shape index (κ2) is 9.81. The molecule has 0 radical (unpaired) electrons. The van der Waals surface area contributed by atoms with Gasteiger partial charge >= 0.3 is 0 Å². The van der Waals surface area contributed by atoms with Crippen LogP contribution in [0.15, 0.2) is 42.5 Å². The van der Waals surface area contributed by atoms with Crippen LogP contribution in [0.2, 0.25) is 5.02 Å². The first-order chi connectivity index (χ1) is 12.7. The summed E-state index contributed by atoms with van der Waals surface area (Å²) in [5.41, 5.74) is 2.24. The van der Waals surface area contributed by atoms with Crippen LogP contribution in [0.3, 0.4) is 0 Å². The van der Waals surface area contributed by atoms with Gasteiger partial charge < -0.3 is 19.5 Å². The Morgan fingerprint density at radius 2 is 1.88 bits per heavy atom. The van der Waals surface area contributed by atoms with Gasteiger partial charge in [-0.2, -0.15) is 0 Å². The van der Waals surface area contributed by atoms with Gasteiger partial charge in [0, 0.05) is 24.7 Å². The Balaban J connectivity index is 1.57. The molecule has 0 unspecified atom stereocenters. The van der Waals surface area contributed by atoms with E-state index in [1.807, 2.05) is 43.3 Å². The van der Waals surface area contributed by atoms with Gasteiger partial charge in [0.05, 0.1) is 12.7 Å². The largest absolute Gasteiger partial charge is 0.490 e. The molecule has 0 saturated carbocycles. The fourth-order valence-electron chi connectivity index (χ4n) is 2.97. The highest BCUT2D eigenvalue weighted by Gasteiger charge is 2.14. The van der Waals surface area contributed by atoms with Crippen molar-refractivity contribution in [3.8, 4) is 11.5 Å². The molecule has 26 heavy (non-hydrogen) atoms. The Labute approximate surface area is 160 Å². The van der Waals surface area contributed by atoms with Gasteiger partial charge in [0.2, 0.25) is 0 Å². The van der Waals surface area contributed by atoms with Crippen molar-refractivity contribution in [2.24, 2.45) is 0 Å². The quantitative estimate of drug-likeness (QED) is 0.696. The topological polar surface area (TPSA) is 39.7 Å². The minimum Gasteiger partial charge on any atom is -0.490 e. The zero-order valence-electron chi connectivity index (χ0n) is 15.2. The van der Waals surface area contributed by atoms with Crippen molar-refractivity contribution >= 4 is 11.6 Å². The maximum atomic E-state index is 5.95. The fraction of sp³-hybridized carbons (Fsp3) is 0.429. The second-order valence-corrected chi connectivity index (χ2v) is 6.83. The number of halogens is 1. The molecule has 0 bridgehead atoms. The lowest BCUT2D eigenvalue weighted by molar-refractivity contribution is 0.110. The van der Waals surface area contributed by atoms with Gasteiger partial charge in [-0.3, -0.25) is 0 Å². The van der Waals surface area contributed by atoms with E-state index in [-0.39, 0.29) is 0 Å². The summed E-state index contributed by atoms with van der Waals surface area (Å²) >= 11 is 5.92. The fourth-order valence-corrected chi connectivity index (χ4v) is 3.10. The molecule has 0 aliphatic carbocycles. The lowest BCUT2D eigenvalue weighted by Gasteiger charge is -2.15. The van der Waals surface area contributed by atoms with E-state index in [0.29, 0.717) is 19.3 Å². The monoisotopic (exact) mass is 375 g/mol. The van der Waals surface area contributed by atoms with Crippen molar-refractivity contribution in [1.29, 1.82) is 0 Å². The maximum Gasteiger partial charge on any atom is 0.161 e. The van der Waals surface area contributed by atoms with Gasteiger partial charge in [-0.05, 0) is 55.2 Å². The molecule has 140 valence electrons. The molecule has 5 heteroatoms. The number of ether oxygens (including phenoxy) is 3. The summed E-state index contributed by atoms with van der Waals surface area (Å²) in [5.74, 6) is 1.53. The lowest BCUT2D eigenvalue weighted by atomic mass is 10.2. The summed E-state index contributed by atoms with van der Waals surface area (Å²) < 4.78 is 17.4. The van der Waals surface area contributed by atoms with Crippen molar-refractivity contribution < 1.29 is 14.2 Å². The molecule has 1 aliphatic rings. The molecule has 1 fully saturated rings. The van der Waals surface area contributed by atoms with Crippen LogP contribution in [0.1, 0.15) is 30.9 Å². The Bertz CT molecular complexity index is 684. The molecule has 3 rings (SSSR count). The molecule has 1 saturated heterocycles. The van der Waals surface area contributed by atoms with Crippen LogP contribution in [0, 0.1) is 0 Å².